The minimum absolute atomic E-state index is 0.148. The predicted molar refractivity (Wildman–Crippen MR) is 110 cm³/mol. The molecule has 0 saturated carbocycles. The first-order chi connectivity index (χ1) is 13.9. The van der Waals surface area contributed by atoms with Crippen molar-refractivity contribution in [3.8, 4) is 0 Å². The van der Waals surface area contributed by atoms with Crippen LogP contribution in [-0.4, -0.2) is 80.2 Å². The van der Waals surface area contributed by atoms with Gasteiger partial charge in [0.1, 0.15) is 6.23 Å². The van der Waals surface area contributed by atoms with Crippen molar-refractivity contribution in [2.24, 2.45) is 11.8 Å². The Hall–Kier alpha value is -0.280. The van der Waals surface area contributed by atoms with Crippen molar-refractivity contribution < 1.29 is 4.84 Å². The van der Waals surface area contributed by atoms with E-state index in [0.29, 0.717) is 24.3 Å². The van der Waals surface area contributed by atoms with Gasteiger partial charge in [0.05, 0.1) is 18.4 Å². The molecule has 160 valence electrons. The zero-order valence-corrected chi connectivity index (χ0v) is 17.4. The lowest BCUT2D eigenvalue weighted by Gasteiger charge is -2.38. The Morgan fingerprint density at radius 2 is 1.75 bits per heavy atom. The maximum absolute atomic E-state index is 6.13. The van der Waals surface area contributed by atoms with Crippen molar-refractivity contribution >= 4 is 0 Å². The molecule has 0 amide bonds. The summed E-state index contributed by atoms with van der Waals surface area (Å²) in [5, 5.41) is 11.1. The normalized spacial score (nSPS) is 41.8. The lowest BCUT2D eigenvalue weighted by molar-refractivity contribution is -0.0276. The van der Waals surface area contributed by atoms with Gasteiger partial charge in [-0.1, -0.05) is 0 Å². The zero-order chi connectivity index (χ0) is 18.8. The summed E-state index contributed by atoms with van der Waals surface area (Å²) in [4.78, 5) is 11.5. The summed E-state index contributed by atoms with van der Waals surface area (Å²) < 4.78 is 0. The van der Waals surface area contributed by atoms with Crippen LogP contribution in [0.2, 0.25) is 0 Å². The maximum Gasteiger partial charge on any atom is 0.146 e. The number of nitrogens with one attached hydrogen (secondary N) is 4. The number of rotatable bonds is 5. The molecule has 5 fully saturated rings. The van der Waals surface area contributed by atoms with E-state index in [1.165, 1.54) is 90.6 Å². The fourth-order valence-corrected chi connectivity index (χ4v) is 6.19. The smallest absolute Gasteiger partial charge is 0.146 e. The molecule has 0 aromatic carbocycles. The average molecular weight is 393 g/mol. The molecule has 5 atom stereocenters. The molecular formula is C21H40N6O. The minimum atomic E-state index is 0.148. The molecular weight excluding hydrogens is 352 g/mol. The summed E-state index contributed by atoms with van der Waals surface area (Å²) in [6.07, 6.45) is 11.4. The van der Waals surface area contributed by atoms with Gasteiger partial charge in [-0.25, -0.2) is 0 Å². The Kier molecular flexibility index (Phi) is 6.50. The van der Waals surface area contributed by atoms with Crippen LogP contribution in [0.15, 0.2) is 0 Å². The molecule has 5 rings (SSSR count). The highest BCUT2D eigenvalue weighted by Crippen LogP contribution is 2.29. The molecule has 5 saturated heterocycles. The molecule has 0 aromatic heterocycles. The van der Waals surface area contributed by atoms with Crippen LogP contribution >= 0.6 is 0 Å². The van der Waals surface area contributed by atoms with Gasteiger partial charge in [0.15, 0.2) is 0 Å². The zero-order valence-electron chi connectivity index (χ0n) is 17.4. The van der Waals surface area contributed by atoms with Crippen LogP contribution in [0.25, 0.3) is 0 Å². The van der Waals surface area contributed by atoms with Crippen molar-refractivity contribution in [2.75, 3.05) is 45.8 Å². The van der Waals surface area contributed by atoms with Gasteiger partial charge in [0.2, 0.25) is 0 Å². The molecule has 7 heteroatoms. The first kappa shape index (κ1) is 19.7. The SMILES string of the molecule is C1CCN(C2CC(C3NOC(C4CCCN4CC4CCNCC4)N3)CCN2)C1. The number of likely N-dealkylation sites (tertiary alicyclic amines) is 2. The second-order valence-corrected chi connectivity index (χ2v) is 9.70. The highest BCUT2D eigenvalue weighted by atomic mass is 16.7. The lowest BCUT2D eigenvalue weighted by atomic mass is 9.92. The molecule has 5 unspecified atom stereocenters. The summed E-state index contributed by atoms with van der Waals surface area (Å²) in [5.41, 5.74) is 3.39. The van der Waals surface area contributed by atoms with E-state index in [2.05, 4.69) is 31.2 Å². The second kappa shape index (κ2) is 9.25. The quantitative estimate of drug-likeness (QED) is 0.548. The summed E-state index contributed by atoms with van der Waals surface area (Å²) in [6.45, 7) is 8.54. The molecule has 0 radical (unpaired) electrons. The largest absolute Gasteiger partial charge is 0.317 e. The van der Waals surface area contributed by atoms with Gasteiger partial charge < -0.3 is 10.6 Å². The molecule has 28 heavy (non-hydrogen) atoms. The maximum atomic E-state index is 6.13. The van der Waals surface area contributed by atoms with Crippen LogP contribution < -0.4 is 21.4 Å². The number of piperidine rings is 2. The molecule has 5 aliphatic rings. The molecule has 0 spiro atoms. The van der Waals surface area contributed by atoms with Gasteiger partial charge in [-0.05, 0) is 102 Å². The summed E-state index contributed by atoms with van der Waals surface area (Å²) in [5.74, 6) is 1.51. The highest BCUT2D eigenvalue weighted by Gasteiger charge is 2.41. The van der Waals surface area contributed by atoms with Crippen molar-refractivity contribution in [1.82, 2.24) is 31.2 Å². The molecule has 0 aliphatic carbocycles. The van der Waals surface area contributed by atoms with Gasteiger partial charge >= 0.3 is 0 Å². The van der Waals surface area contributed by atoms with E-state index in [-0.39, 0.29) is 6.23 Å². The van der Waals surface area contributed by atoms with E-state index in [1.54, 1.807) is 0 Å². The third kappa shape index (κ3) is 4.41. The van der Waals surface area contributed by atoms with Gasteiger partial charge in [-0.2, -0.15) is 5.48 Å². The van der Waals surface area contributed by atoms with Crippen molar-refractivity contribution in [3.05, 3.63) is 0 Å². The highest BCUT2D eigenvalue weighted by molar-refractivity contribution is 4.93. The standard InChI is InChI=1S/C21H40N6O/c1-2-12-26(11-1)19-14-17(7-10-23-19)20-24-21(28-25-20)18-4-3-13-27(18)15-16-5-8-22-9-6-16/h16-25H,1-15H2. The average Bonchev–Trinajstić information content (AvgIpc) is 3.50. The van der Waals surface area contributed by atoms with Crippen LogP contribution in [0, 0.1) is 11.8 Å². The monoisotopic (exact) mass is 392 g/mol. The topological polar surface area (TPSA) is 63.8 Å². The minimum Gasteiger partial charge on any atom is -0.317 e. The van der Waals surface area contributed by atoms with Crippen molar-refractivity contribution in [2.45, 2.75) is 76.0 Å². The van der Waals surface area contributed by atoms with E-state index >= 15 is 0 Å². The van der Waals surface area contributed by atoms with Gasteiger partial charge in [0.25, 0.3) is 0 Å². The third-order valence-corrected chi connectivity index (χ3v) is 7.85. The van der Waals surface area contributed by atoms with Gasteiger partial charge in [-0.3, -0.25) is 20.0 Å². The Morgan fingerprint density at radius 1 is 0.893 bits per heavy atom. The second-order valence-electron chi connectivity index (χ2n) is 9.70. The van der Waals surface area contributed by atoms with Gasteiger partial charge in [0, 0.05) is 6.54 Å². The van der Waals surface area contributed by atoms with Gasteiger partial charge in [-0.15, -0.1) is 0 Å². The summed E-state index contributed by atoms with van der Waals surface area (Å²) in [6, 6.07) is 0.531. The first-order valence-electron chi connectivity index (χ1n) is 12.0. The van der Waals surface area contributed by atoms with Crippen LogP contribution in [0.3, 0.4) is 0 Å². The molecule has 5 aliphatic heterocycles. The fourth-order valence-electron chi connectivity index (χ4n) is 6.19. The molecule has 7 nitrogen and oxygen atoms in total. The number of nitrogens with zero attached hydrogens (tertiary/aromatic N) is 2. The van der Waals surface area contributed by atoms with E-state index in [1.807, 2.05) is 0 Å². The fraction of sp³-hybridized carbons (Fsp3) is 1.00. The van der Waals surface area contributed by atoms with Crippen molar-refractivity contribution in [3.63, 3.8) is 0 Å². The Balaban J connectivity index is 1.14. The van der Waals surface area contributed by atoms with E-state index < -0.39 is 0 Å². The predicted octanol–water partition coefficient (Wildman–Crippen LogP) is 0.649. The van der Waals surface area contributed by atoms with E-state index in [0.717, 1.165) is 12.5 Å². The number of hydrogen-bond acceptors (Lipinski definition) is 7. The van der Waals surface area contributed by atoms with Crippen LogP contribution in [0.1, 0.15) is 51.4 Å². The third-order valence-electron chi connectivity index (χ3n) is 7.85. The van der Waals surface area contributed by atoms with E-state index in [4.69, 9.17) is 4.84 Å². The number of hydroxylamine groups is 1. The Bertz CT molecular complexity index is 495. The van der Waals surface area contributed by atoms with Crippen LogP contribution in [-0.2, 0) is 4.84 Å². The van der Waals surface area contributed by atoms with Crippen LogP contribution in [0.4, 0.5) is 0 Å². The van der Waals surface area contributed by atoms with Crippen molar-refractivity contribution in [1.29, 1.82) is 0 Å². The summed E-state index contributed by atoms with van der Waals surface area (Å²) >= 11 is 0. The summed E-state index contributed by atoms with van der Waals surface area (Å²) in [7, 11) is 0. The van der Waals surface area contributed by atoms with E-state index in [9.17, 15) is 0 Å². The first-order valence-corrected chi connectivity index (χ1v) is 12.0. The number of hydrogen-bond donors (Lipinski definition) is 4. The Labute approximate surface area is 170 Å². The lowest BCUT2D eigenvalue weighted by Crippen LogP contribution is -2.54. The molecule has 4 N–H and O–H groups in total. The molecule has 0 bridgehead atoms. The van der Waals surface area contributed by atoms with Crippen LogP contribution in [0.5, 0.6) is 0 Å². The molecule has 0 aromatic rings. The Morgan fingerprint density at radius 3 is 2.61 bits per heavy atom. The molecule has 5 heterocycles.